The summed E-state index contributed by atoms with van der Waals surface area (Å²) in [5.41, 5.74) is 6.61. The molecule has 2 aliphatic rings. The normalized spacial score (nSPS) is 22.6. The number of nitrogens with one attached hydrogen (secondary N) is 2. The largest absolute Gasteiger partial charge is 0.494 e. The summed E-state index contributed by atoms with van der Waals surface area (Å²) >= 11 is 0. The lowest BCUT2D eigenvalue weighted by molar-refractivity contribution is 0.303. The Kier molecular flexibility index (Phi) is 6.38. The summed E-state index contributed by atoms with van der Waals surface area (Å²) in [5.74, 6) is 1.42. The van der Waals surface area contributed by atoms with E-state index >= 15 is 0 Å². The van der Waals surface area contributed by atoms with E-state index in [0.717, 1.165) is 35.0 Å². The zero-order chi connectivity index (χ0) is 20.1. The molecule has 4 heteroatoms. The molecule has 0 fully saturated rings. The van der Waals surface area contributed by atoms with Crippen molar-refractivity contribution in [1.29, 1.82) is 0 Å². The van der Waals surface area contributed by atoms with Crippen molar-refractivity contribution in [1.82, 2.24) is 9.97 Å². The Bertz CT molecular complexity index is 912. The molecule has 154 valence electrons. The van der Waals surface area contributed by atoms with Crippen LogP contribution in [0.5, 0.6) is 0 Å². The second-order valence-corrected chi connectivity index (χ2v) is 8.27. The van der Waals surface area contributed by atoms with Gasteiger partial charge in [0.15, 0.2) is 0 Å². The van der Waals surface area contributed by atoms with Crippen LogP contribution in [-0.4, -0.2) is 22.8 Å². The van der Waals surface area contributed by atoms with E-state index in [-0.39, 0.29) is 0 Å². The maximum atomic E-state index is 5.61. The molecule has 1 atom stereocenters. The van der Waals surface area contributed by atoms with Crippen LogP contribution < -0.4 is 0 Å². The first-order chi connectivity index (χ1) is 14.3. The van der Waals surface area contributed by atoms with Crippen LogP contribution in [-0.2, 0) is 11.2 Å². The molecule has 0 amide bonds. The molecule has 0 aromatic carbocycles. The smallest absolute Gasteiger partial charge is 0.146 e. The SMILES string of the molecule is CCC1CCCCCCCCc2ccc([nH]2)/C=C2\N=C(C=C2OC)c2ccc1[nH]2. The van der Waals surface area contributed by atoms with Crippen LogP contribution in [0, 0.1) is 0 Å². The van der Waals surface area contributed by atoms with Crippen molar-refractivity contribution in [2.75, 3.05) is 7.11 Å². The van der Waals surface area contributed by atoms with Crippen molar-refractivity contribution < 1.29 is 4.74 Å². The summed E-state index contributed by atoms with van der Waals surface area (Å²) in [5, 5.41) is 0. The Hall–Kier alpha value is -2.49. The highest BCUT2D eigenvalue weighted by atomic mass is 16.5. The Balaban J connectivity index is 1.64. The van der Waals surface area contributed by atoms with Gasteiger partial charge in [-0.2, -0.15) is 0 Å². The number of aliphatic imine (C=N–C) groups is 1. The second-order valence-electron chi connectivity index (χ2n) is 8.27. The number of allylic oxidation sites excluding steroid dienone is 1. The molecule has 2 N–H and O–H groups in total. The number of methoxy groups -OCH3 is 1. The molecule has 2 aromatic rings. The molecule has 2 aromatic heterocycles. The zero-order valence-electron chi connectivity index (χ0n) is 17.8. The number of aromatic amines is 2. The molecule has 1 unspecified atom stereocenters. The minimum absolute atomic E-state index is 0.603. The lowest BCUT2D eigenvalue weighted by Crippen LogP contribution is -2.00. The second kappa shape index (κ2) is 9.34. The number of aryl methyl sites for hydroxylation is 1. The van der Waals surface area contributed by atoms with E-state index in [9.17, 15) is 0 Å². The average Bonchev–Trinajstić information content (AvgIpc) is 3.46. The maximum Gasteiger partial charge on any atom is 0.146 e. The van der Waals surface area contributed by atoms with Gasteiger partial charge in [-0.1, -0.05) is 39.0 Å². The molecule has 0 aliphatic carbocycles. The molecular weight excluding hydrogens is 358 g/mol. The topological polar surface area (TPSA) is 53.2 Å². The standard InChI is InChI=1S/C25H33N3O/c1-3-18-10-8-6-4-5-7-9-11-19-12-13-20(26-19)16-24-25(29-2)17-23(28-24)22-15-14-21(18)27-22/h12-18,26-27H,3-11H2,1-2H3/b24-16-. The van der Waals surface area contributed by atoms with Crippen LogP contribution >= 0.6 is 0 Å². The summed E-state index contributed by atoms with van der Waals surface area (Å²) in [4.78, 5) is 12.0. The molecule has 4 rings (SSSR count). The van der Waals surface area contributed by atoms with E-state index in [4.69, 9.17) is 9.73 Å². The van der Waals surface area contributed by atoms with Gasteiger partial charge in [-0.15, -0.1) is 0 Å². The van der Waals surface area contributed by atoms with Crippen LogP contribution in [0.1, 0.15) is 87.0 Å². The molecule has 6 bridgehead atoms. The number of ether oxygens (including phenoxy) is 1. The van der Waals surface area contributed by atoms with E-state index < -0.39 is 0 Å². The lowest BCUT2D eigenvalue weighted by atomic mass is 9.95. The number of hydrogen-bond donors (Lipinski definition) is 2. The van der Waals surface area contributed by atoms with Gasteiger partial charge in [0, 0.05) is 23.2 Å². The molecule has 4 nitrogen and oxygen atoms in total. The van der Waals surface area contributed by atoms with Gasteiger partial charge in [0.25, 0.3) is 0 Å². The van der Waals surface area contributed by atoms with Crippen molar-refractivity contribution in [2.24, 2.45) is 4.99 Å². The molecule has 0 saturated carbocycles. The van der Waals surface area contributed by atoms with Crippen LogP contribution in [0.3, 0.4) is 0 Å². The van der Waals surface area contributed by atoms with Gasteiger partial charge in [-0.25, -0.2) is 4.99 Å². The van der Waals surface area contributed by atoms with Crippen LogP contribution in [0.15, 0.2) is 46.8 Å². The molecule has 0 radical (unpaired) electrons. The summed E-state index contributed by atoms with van der Waals surface area (Å²) in [6, 6.07) is 8.74. The van der Waals surface area contributed by atoms with E-state index in [1.54, 1.807) is 7.11 Å². The van der Waals surface area contributed by atoms with E-state index in [0.29, 0.717) is 5.92 Å². The fourth-order valence-corrected chi connectivity index (χ4v) is 4.45. The summed E-state index contributed by atoms with van der Waals surface area (Å²) in [6.07, 6.45) is 15.6. The lowest BCUT2D eigenvalue weighted by Gasteiger charge is -2.13. The number of rotatable bonds is 2. The van der Waals surface area contributed by atoms with E-state index in [1.165, 1.54) is 62.8 Å². The Morgan fingerprint density at radius 2 is 1.79 bits per heavy atom. The maximum absolute atomic E-state index is 5.61. The number of hydrogen-bond acceptors (Lipinski definition) is 2. The minimum atomic E-state index is 0.603. The quantitative estimate of drug-likeness (QED) is 0.603. The zero-order valence-corrected chi connectivity index (χ0v) is 17.8. The number of nitrogens with zero attached hydrogens (tertiary/aromatic N) is 1. The van der Waals surface area contributed by atoms with Gasteiger partial charge in [0.05, 0.1) is 18.5 Å². The predicted octanol–water partition coefficient (Wildman–Crippen LogP) is 6.50. The van der Waals surface area contributed by atoms with Crippen molar-refractivity contribution in [3.8, 4) is 0 Å². The summed E-state index contributed by atoms with van der Waals surface area (Å²) < 4.78 is 5.61. The molecule has 4 heterocycles. The van der Waals surface area contributed by atoms with Gasteiger partial charge in [0.1, 0.15) is 11.5 Å². The Morgan fingerprint density at radius 1 is 0.966 bits per heavy atom. The third-order valence-electron chi connectivity index (χ3n) is 6.21. The average molecular weight is 392 g/mol. The number of H-pyrrole nitrogens is 2. The molecule has 0 spiro atoms. The van der Waals surface area contributed by atoms with Gasteiger partial charge >= 0.3 is 0 Å². The third-order valence-corrected chi connectivity index (χ3v) is 6.21. The molecule has 0 saturated heterocycles. The Morgan fingerprint density at radius 3 is 2.62 bits per heavy atom. The first-order valence-electron chi connectivity index (χ1n) is 11.2. The predicted molar refractivity (Wildman–Crippen MR) is 120 cm³/mol. The summed E-state index contributed by atoms with van der Waals surface area (Å²) in [7, 11) is 1.71. The minimum Gasteiger partial charge on any atom is -0.494 e. The highest BCUT2D eigenvalue weighted by molar-refractivity contribution is 6.11. The fraction of sp³-hybridized carbons (Fsp3) is 0.480. The first-order valence-corrected chi connectivity index (χ1v) is 11.2. The van der Waals surface area contributed by atoms with Gasteiger partial charge in [-0.3, -0.25) is 0 Å². The van der Waals surface area contributed by atoms with Crippen LogP contribution in [0.2, 0.25) is 0 Å². The molecule has 2 aliphatic heterocycles. The number of aromatic nitrogens is 2. The van der Waals surface area contributed by atoms with Crippen molar-refractivity contribution >= 4 is 11.8 Å². The van der Waals surface area contributed by atoms with E-state index in [1.807, 2.05) is 6.08 Å². The van der Waals surface area contributed by atoms with Gasteiger partial charge in [0.2, 0.25) is 0 Å². The third kappa shape index (κ3) is 4.75. The summed E-state index contributed by atoms with van der Waals surface area (Å²) in [6.45, 7) is 2.29. The monoisotopic (exact) mass is 391 g/mol. The van der Waals surface area contributed by atoms with Crippen molar-refractivity contribution in [2.45, 2.75) is 70.6 Å². The highest BCUT2D eigenvalue weighted by Gasteiger charge is 2.19. The van der Waals surface area contributed by atoms with Crippen molar-refractivity contribution in [3.63, 3.8) is 0 Å². The highest BCUT2D eigenvalue weighted by Crippen LogP contribution is 2.29. The first kappa shape index (κ1) is 19.8. The van der Waals surface area contributed by atoms with E-state index in [2.05, 4.69) is 47.2 Å². The Labute approximate surface area is 174 Å². The van der Waals surface area contributed by atoms with Gasteiger partial charge in [-0.05, 0) is 61.9 Å². The van der Waals surface area contributed by atoms with Crippen LogP contribution in [0.25, 0.3) is 6.08 Å². The molecule has 29 heavy (non-hydrogen) atoms. The van der Waals surface area contributed by atoms with Gasteiger partial charge < -0.3 is 14.7 Å². The fourth-order valence-electron chi connectivity index (χ4n) is 4.45. The van der Waals surface area contributed by atoms with Crippen LogP contribution in [0.4, 0.5) is 0 Å². The van der Waals surface area contributed by atoms with Crippen molar-refractivity contribution in [3.05, 3.63) is 64.6 Å². The molecular formula is C25H33N3O. The number of fused-ring (bicyclic) bond motifs is 6.